The Bertz CT molecular complexity index is 789. The van der Waals surface area contributed by atoms with Gasteiger partial charge in [0.1, 0.15) is 0 Å². The molecule has 0 aliphatic heterocycles. The number of nitrogens with zero attached hydrogens (tertiary/aromatic N) is 2. The molecule has 0 radical (unpaired) electrons. The number of rotatable bonds is 6. The van der Waals surface area contributed by atoms with Gasteiger partial charge in [0.05, 0.1) is 26.0 Å². The number of hydrogen-bond acceptors (Lipinski definition) is 7. The maximum atomic E-state index is 12.0. The third-order valence-corrected chi connectivity index (χ3v) is 3.98. The van der Waals surface area contributed by atoms with Crippen LogP contribution < -0.4 is 19.5 Å². The average Bonchev–Trinajstić information content (AvgIpc) is 2.54. The smallest absolute Gasteiger partial charge is 0.335 e. The maximum absolute atomic E-state index is 12.0. The molecule has 2 rings (SSSR count). The second-order valence-corrected chi connectivity index (χ2v) is 6.30. The van der Waals surface area contributed by atoms with E-state index in [2.05, 4.69) is 15.3 Å². The number of methoxy groups -OCH3 is 2. The summed E-state index contributed by atoms with van der Waals surface area (Å²) >= 11 is 0. The van der Waals surface area contributed by atoms with Crippen molar-refractivity contribution in [1.29, 1.82) is 0 Å². The monoisotopic (exact) mass is 352 g/mol. The fraction of sp³-hybridized carbons (Fsp3) is 0.214. The largest absolute Gasteiger partial charge is 0.481 e. The van der Waals surface area contributed by atoms with Crippen molar-refractivity contribution in [3.05, 3.63) is 42.0 Å². The number of aromatic nitrogens is 2. The first-order valence-electron chi connectivity index (χ1n) is 6.74. The second-order valence-electron chi connectivity index (χ2n) is 4.58. The van der Waals surface area contributed by atoms with Crippen molar-refractivity contribution >= 4 is 22.0 Å². The topological polar surface area (TPSA) is 120 Å². The molecule has 1 aromatic heterocycles. The zero-order valence-corrected chi connectivity index (χ0v) is 13.8. The normalized spacial score (nSPS) is 10.8. The first-order valence-corrected chi connectivity index (χ1v) is 8.39. The number of sulfonamides is 1. The van der Waals surface area contributed by atoms with Gasteiger partial charge in [-0.15, -0.1) is 0 Å². The van der Waals surface area contributed by atoms with Crippen molar-refractivity contribution in [2.75, 3.05) is 19.5 Å². The molecule has 10 heteroatoms. The van der Waals surface area contributed by atoms with Crippen molar-refractivity contribution in [3.63, 3.8) is 0 Å². The molecule has 0 spiro atoms. The van der Waals surface area contributed by atoms with Crippen LogP contribution in [0.3, 0.4) is 0 Å². The van der Waals surface area contributed by atoms with E-state index in [0.717, 1.165) is 0 Å². The summed E-state index contributed by atoms with van der Waals surface area (Å²) in [5.41, 5.74) is 0.553. The molecule has 0 atom stereocenters. The lowest BCUT2D eigenvalue weighted by atomic mass is 10.2. The molecule has 2 aromatic rings. The van der Waals surface area contributed by atoms with Crippen molar-refractivity contribution < 1.29 is 22.7 Å². The van der Waals surface area contributed by atoms with E-state index in [4.69, 9.17) is 9.47 Å². The minimum absolute atomic E-state index is 0.154. The first-order chi connectivity index (χ1) is 11.4. The van der Waals surface area contributed by atoms with Gasteiger partial charge in [0, 0.05) is 0 Å². The molecular weight excluding hydrogens is 336 g/mol. The molecule has 0 aliphatic rings. The number of carbonyl (C=O) groups excluding carboxylic acids is 1. The summed E-state index contributed by atoms with van der Waals surface area (Å²) in [4.78, 5) is 19.6. The van der Waals surface area contributed by atoms with E-state index in [1.54, 1.807) is 30.3 Å². The molecular formula is C14H16N4O5S. The van der Waals surface area contributed by atoms with E-state index in [-0.39, 0.29) is 23.5 Å². The van der Waals surface area contributed by atoms with Gasteiger partial charge in [-0.3, -0.25) is 5.32 Å². The average molecular weight is 352 g/mol. The Labute approximate surface area is 139 Å². The Morgan fingerprint density at radius 1 is 1.08 bits per heavy atom. The van der Waals surface area contributed by atoms with Crippen LogP contribution in [0.25, 0.3) is 0 Å². The van der Waals surface area contributed by atoms with Crippen molar-refractivity contribution in [1.82, 2.24) is 14.7 Å². The minimum Gasteiger partial charge on any atom is -0.481 e. The van der Waals surface area contributed by atoms with Gasteiger partial charge < -0.3 is 9.47 Å². The van der Waals surface area contributed by atoms with E-state index in [9.17, 15) is 13.2 Å². The van der Waals surface area contributed by atoms with Crippen LogP contribution in [0.4, 0.5) is 10.7 Å². The molecule has 128 valence electrons. The predicted molar refractivity (Wildman–Crippen MR) is 86.4 cm³/mol. The maximum Gasteiger partial charge on any atom is 0.335 e. The Morgan fingerprint density at radius 3 is 2.21 bits per heavy atom. The number of nitrogens with one attached hydrogen (secondary N) is 2. The van der Waals surface area contributed by atoms with Gasteiger partial charge in [0.2, 0.25) is 27.7 Å². The van der Waals surface area contributed by atoms with E-state index in [1.807, 2.05) is 4.72 Å². The predicted octanol–water partition coefficient (Wildman–Crippen LogP) is 1.15. The van der Waals surface area contributed by atoms with E-state index in [1.165, 1.54) is 20.3 Å². The minimum atomic E-state index is -3.87. The van der Waals surface area contributed by atoms with E-state index in [0.29, 0.717) is 5.56 Å². The lowest BCUT2D eigenvalue weighted by Crippen LogP contribution is -2.35. The number of ether oxygens (including phenoxy) is 2. The lowest BCUT2D eigenvalue weighted by molar-refractivity contribution is 0.256. The number of benzene rings is 1. The Morgan fingerprint density at radius 2 is 1.67 bits per heavy atom. The van der Waals surface area contributed by atoms with Gasteiger partial charge in [0.25, 0.3) is 0 Å². The van der Waals surface area contributed by atoms with Crippen molar-refractivity contribution in [2.45, 2.75) is 5.75 Å². The Kier molecular flexibility index (Phi) is 5.53. The molecule has 0 saturated carbocycles. The number of amides is 2. The molecule has 24 heavy (non-hydrogen) atoms. The summed E-state index contributed by atoms with van der Waals surface area (Å²) < 4.78 is 35.7. The van der Waals surface area contributed by atoms with Crippen molar-refractivity contribution in [3.8, 4) is 11.8 Å². The van der Waals surface area contributed by atoms with Gasteiger partial charge in [-0.1, -0.05) is 30.3 Å². The highest BCUT2D eigenvalue weighted by molar-refractivity contribution is 7.89. The van der Waals surface area contributed by atoms with Crippen LogP contribution in [-0.4, -0.2) is 38.6 Å². The molecule has 1 aromatic carbocycles. The Hall–Kier alpha value is -2.88. The van der Waals surface area contributed by atoms with Crippen LogP contribution in [0.1, 0.15) is 5.56 Å². The molecule has 2 N–H and O–H groups in total. The number of hydrogen-bond donors (Lipinski definition) is 2. The molecule has 0 saturated heterocycles. The molecule has 9 nitrogen and oxygen atoms in total. The van der Waals surface area contributed by atoms with Gasteiger partial charge >= 0.3 is 6.03 Å². The zero-order chi connectivity index (χ0) is 17.6. The highest BCUT2D eigenvalue weighted by atomic mass is 32.2. The molecule has 0 fully saturated rings. The summed E-state index contributed by atoms with van der Waals surface area (Å²) in [6, 6.07) is 8.91. The standard InChI is InChI=1S/C14H16N4O5S/c1-22-11-8-12(23-2)16-13(15-11)17-14(19)18-24(20,21)9-10-6-4-3-5-7-10/h3-8H,9H2,1-2H3,(H2,15,16,17,18,19). The van der Waals surface area contributed by atoms with Gasteiger partial charge in [0.15, 0.2) is 0 Å². The molecule has 2 amide bonds. The molecule has 1 heterocycles. The van der Waals surface area contributed by atoms with Crippen LogP contribution in [0, 0.1) is 0 Å². The summed E-state index contributed by atoms with van der Waals surface area (Å²) in [6.07, 6.45) is 0. The van der Waals surface area contributed by atoms with E-state index >= 15 is 0 Å². The number of carbonyl (C=O) groups is 1. The SMILES string of the molecule is COc1cc(OC)nc(NC(=O)NS(=O)(=O)Cc2ccccc2)n1. The summed E-state index contributed by atoms with van der Waals surface area (Å²) in [5, 5.41) is 2.22. The van der Waals surface area contributed by atoms with Crippen LogP contribution in [0.5, 0.6) is 11.8 Å². The van der Waals surface area contributed by atoms with Crippen LogP contribution in [0.2, 0.25) is 0 Å². The third kappa shape index (κ3) is 5.09. The van der Waals surface area contributed by atoms with Crippen molar-refractivity contribution in [2.24, 2.45) is 0 Å². The van der Waals surface area contributed by atoms with Crippen LogP contribution in [0.15, 0.2) is 36.4 Å². The molecule has 0 bridgehead atoms. The summed E-state index contributed by atoms with van der Waals surface area (Å²) in [5.74, 6) is -0.170. The molecule has 0 aliphatic carbocycles. The number of anilines is 1. The summed E-state index contributed by atoms with van der Waals surface area (Å²) in [6.45, 7) is 0. The Balaban J connectivity index is 2.05. The first kappa shape index (κ1) is 17.5. The lowest BCUT2D eigenvalue weighted by Gasteiger charge is -2.09. The van der Waals surface area contributed by atoms with Gasteiger partial charge in [-0.25, -0.2) is 17.9 Å². The van der Waals surface area contributed by atoms with Gasteiger partial charge in [-0.2, -0.15) is 9.97 Å². The third-order valence-electron chi connectivity index (χ3n) is 2.77. The second kappa shape index (κ2) is 7.59. The van der Waals surface area contributed by atoms with E-state index < -0.39 is 16.1 Å². The molecule has 0 unspecified atom stereocenters. The quantitative estimate of drug-likeness (QED) is 0.800. The zero-order valence-electron chi connectivity index (χ0n) is 13.0. The highest BCUT2D eigenvalue weighted by Gasteiger charge is 2.17. The highest BCUT2D eigenvalue weighted by Crippen LogP contribution is 2.17. The fourth-order valence-corrected chi connectivity index (χ4v) is 2.80. The summed E-state index contributed by atoms with van der Waals surface area (Å²) in [7, 11) is -1.10. The van der Waals surface area contributed by atoms with Crippen LogP contribution in [-0.2, 0) is 15.8 Å². The fourth-order valence-electron chi connectivity index (χ4n) is 1.77. The van der Waals surface area contributed by atoms with Crippen LogP contribution >= 0.6 is 0 Å². The van der Waals surface area contributed by atoms with Gasteiger partial charge in [-0.05, 0) is 5.56 Å². The number of urea groups is 1.